The number of nitrogens with one attached hydrogen (secondary N) is 1. The molecule has 0 bridgehead atoms. The number of hydrogen-bond acceptors (Lipinski definition) is 4. The molecule has 3 aromatic rings. The molecule has 92 valence electrons. The number of fused-ring (bicyclic) bond motifs is 1. The number of aliphatic hydroxyl groups is 1. The van der Waals surface area contributed by atoms with Crippen molar-refractivity contribution in [1.29, 1.82) is 0 Å². The molecule has 5 heteroatoms. The van der Waals surface area contributed by atoms with Crippen molar-refractivity contribution in [3.63, 3.8) is 0 Å². The Hall–Kier alpha value is -1.72. The fourth-order valence-electron chi connectivity index (χ4n) is 1.91. The normalized spacial score (nSPS) is 13.1. The standard InChI is InChI=1S/C13H13N3OS/c1-7(17)13-16-12(6-18-13)9-3-4-10-11(5-9)15-8(2)14-10/h3-7,17H,1-2H3,(H,14,15). The third kappa shape index (κ3) is 1.91. The van der Waals surface area contributed by atoms with Gasteiger partial charge < -0.3 is 10.1 Å². The molecule has 0 saturated carbocycles. The first-order chi connectivity index (χ1) is 8.63. The summed E-state index contributed by atoms with van der Waals surface area (Å²) in [5.41, 5.74) is 3.90. The van der Waals surface area contributed by atoms with E-state index in [2.05, 4.69) is 15.0 Å². The molecule has 0 aliphatic heterocycles. The van der Waals surface area contributed by atoms with Crippen molar-refractivity contribution >= 4 is 22.4 Å². The van der Waals surface area contributed by atoms with Gasteiger partial charge in [-0.15, -0.1) is 11.3 Å². The number of aromatic amines is 1. The lowest BCUT2D eigenvalue weighted by Gasteiger charge is -1.98. The molecule has 2 aromatic heterocycles. The van der Waals surface area contributed by atoms with E-state index in [0.717, 1.165) is 33.1 Å². The van der Waals surface area contributed by atoms with Crippen molar-refractivity contribution in [2.75, 3.05) is 0 Å². The Labute approximate surface area is 108 Å². The molecule has 0 radical (unpaired) electrons. The van der Waals surface area contributed by atoms with Gasteiger partial charge in [-0.3, -0.25) is 0 Å². The Balaban J connectivity index is 2.06. The van der Waals surface area contributed by atoms with Gasteiger partial charge in [0.05, 0.1) is 16.7 Å². The van der Waals surface area contributed by atoms with Crippen molar-refractivity contribution in [1.82, 2.24) is 15.0 Å². The van der Waals surface area contributed by atoms with Crippen molar-refractivity contribution in [3.05, 3.63) is 34.4 Å². The minimum absolute atomic E-state index is 0.512. The second-order valence-electron chi connectivity index (χ2n) is 4.30. The summed E-state index contributed by atoms with van der Waals surface area (Å²) in [6.45, 7) is 3.66. The van der Waals surface area contributed by atoms with Crippen LogP contribution in [0.5, 0.6) is 0 Å². The molecule has 2 heterocycles. The number of aliphatic hydroxyl groups excluding tert-OH is 1. The van der Waals surface area contributed by atoms with Gasteiger partial charge in [-0.2, -0.15) is 0 Å². The number of thiazole rings is 1. The zero-order valence-corrected chi connectivity index (χ0v) is 11.0. The maximum atomic E-state index is 9.49. The molecule has 2 N–H and O–H groups in total. The van der Waals surface area contributed by atoms with Crippen LogP contribution in [0.4, 0.5) is 0 Å². The van der Waals surface area contributed by atoms with E-state index < -0.39 is 6.10 Å². The lowest BCUT2D eigenvalue weighted by molar-refractivity contribution is 0.199. The van der Waals surface area contributed by atoms with Crippen LogP contribution in [0.2, 0.25) is 0 Å². The van der Waals surface area contributed by atoms with Gasteiger partial charge in [0.15, 0.2) is 0 Å². The van der Waals surface area contributed by atoms with Gasteiger partial charge >= 0.3 is 0 Å². The van der Waals surface area contributed by atoms with Crippen LogP contribution in [0, 0.1) is 6.92 Å². The van der Waals surface area contributed by atoms with Gasteiger partial charge in [0, 0.05) is 10.9 Å². The van der Waals surface area contributed by atoms with Crippen molar-refractivity contribution in [2.24, 2.45) is 0 Å². The van der Waals surface area contributed by atoms with E-state index in [1.54, 1.807) is 6.92 Å². The summed E-state index contributed by atoms with van der Waals surface area (Å²) < 4.78 is 0. The Bertz CT molecular complexity index is 699. The van der Waals surface area contributed by atoms with E-state index in [0.29, 0.717) is 0 Å². The Morgan fingerprint density at radius 3 is 2.89 bits per heavy atom. The van der Waals surface area contributed by atoms with E-state index in [4.69, 9.17) is 0 Å². The number of hydrogen-bond donors (Lipinski definition) is 2. The number of benzene rings is 1. The van der Waals surface area contributed by atoms with Crippen LogP contribution in [-0.4, -0.2) is 20.1 Å². The number of imidazole rings is 1. The fraction of sp³-hybridized carbons (Fsp3) is 0.231. The molecule has 0 amide bonds. The van der Waals surface area contributed by atoms with E-state index in [1.807, 2.05) is 30.5 Å². The van der Waals surface area contributed by atoms with Crippen LogP contribution >= 0.6 is 11.3 Å². The highest BCUT2D eigenvalue weighted by molar-refractivity contribution is 7.10. The Kier molecular flexibility index (Phi) is 2.65. The number of nitrogens with zero attached hydrogens (tertiary/aromatic N) is 2. The summed E-state index contributed by atoms with van der Waals surface area (Å²) in [7, 11) is 0. The predicted molar refractivity (Wildman–Crippen MR) is 72.6 cm³/mol. The molecule has 18 heavy (non-hydrogen) atoms. The average molecular weight is 259 g/mol. The first-order valence-electron chi connectivity index (χ1n) is 5.74. The van der Waals surface area contributed by atoms with Gasteiger partial charge in [0.2, 0.25) is 0 Å². The predicted octanol–water partition coefficient (Wildman–Crippen LogP) is 3.05. The van der Waals surface area contributed by atoms with Gasteiger partial charge in [-0.1, -0.05) is 6.07 Å². The first-order valence-corrected chi connectivity index (χ1v) is 6.61. The van der Waals surface area contributed by atoms with Crippen molar-refractivity contribution in [2.45, 2.75) is 20.0 Å². The minimum Gasteiger partial charge on any atom is -0.386 e. The topological polar surface area (TPSA) is 61.8 Å². The van der Waals surface area contributed by atoms with E-state index in [9.17, 15) is 5.11 Å². The molecule has 1 aromatic carbocycles. The maximum absolute atomic E-state index is 9.49. The summed E-state index contributed by atoms with van der Waals surface area (Å²) in [6.07, 6.45) is -0.512. The SMILES string of the molecule is Cc1nc2ccc(-c3csc(C(C)O)n3)cc2[nH]1. The van der Waals surface area contributed by atoms with Crippen LogP contribution < -0.4 is 0 Å². The van der Waals surface area contributed by atoms with Crippen LogP contribution in [0.1, 0.15) is 23.9 Å². The summed E-state index contributed by atoms with van der Waals surface area (Å²) in [4.78, 5) is 12.0. The molecule has 3 rings (SSSR count). The number of aryl methyl sites for hydroxylation is 1. The molecule has 0 aliphatic rings. The van der Waals surface area contributed by atoms with Gasteiger partial charge in [-0.05, 0) is 26.0 Å². The van der Waals surface area contributed by atoms with Crippen LogP contribution in [0.25, 0.3) is 22.3 Å². The number of aromatic nitrogens is 3. The van der Waals surface area contributed by atoms with Gasteiger partial charge in [-0.25, -0.2) is 9.97 Å². The van der Waals surface area contributed by atoms with Crippen LogP contribution in [-0.2, 0) is 0 Å². The molecular formula is C13H13N3OS. The molecule has 4 nitrogen and oxygen atoms in total. The molecule has 0 fully saturated rings. The van der Waals surface area contributed by atoms with E-state index in [1.165, 1.54) is 11.3 Å². The highest BCUT2D eigenvalue weighted by atomic mass is 32.1. The minimum atomic E-state index is -0.512. The second-order valence-corrected chi connectivity index (χ2v) is 5.19. The zero-order chi connectivity index (χ0) is 12.7. The highest BCUT2D eigenvalue weighted by Crippen LogP contribution is 2.27. The average Bonchev–Trinajstić information content (AvgIpc) is 2.91. The number of rotatable bonds is 2. The smallest absolute Gasteiger partial charge is 0.122 e. The van der Waals surface area contributed by atoms with Crippen molar-refractivity contribution in [3.8, 4) is 11.3 Å². The zero-order valence-electron chi connectivity index (χ0n) is 10.1. The summed E-state index contributed by atoms with van der Waals surface area (Å²) in [5.74, 6) is 0.907. The summed E-state index contributed by atoms with van der Waals surface area (Å²) in [6, 6.07) is 6.02. The Morgan fingerprint density at radius 2 is 2.17 bits per heavy atom. The Morgan fingerprint density at radius 1 is 1.33 bits per heavy atom. The molecule has 0 saturated heterocycles. The van der Waals surface area contributed by atoms with Crippen LogP contribution in [0.15, 0.2) is 23.6 Å². The van der Waals surface area contributed by atoms with Gasteiger partial charge in [0.1, 0.15) is 16.9 Å². The third-order valence-corrected chi connectivity index (χ3v) is 3.79. The molecule has 1 unspecified atom stereocenters. The quantitative estimate of drug-likeness (QED) is 0.743. The molecule has 0 spiro atoms. The molecule has 0 aliphatic carbocycles. The molecule has 1 atom stereocenters. The lowest BCUT2D eigenvalue weighted by atomic mass is 10.1. The fourth-order valence-corrected chi connectivity index (χ4v) is 2.68. The third-order valence-electron chi connectivity index (χ3n) is 2.78. The summed E-state index contributed by atoms with van der Waals surface area (Å²) in [5, 5.41) is 12.2. The van der Waals surface area contributed by atoms with Gasteiger partial charge in [0.25, 0.3) is 0 Å². The summed E-state index contributed by atoms with van der Waals surface area (Å²) >= 11 is 1.48. The van der Waals surface area contributed by atoms with E-state index in [-0.39, 0.29) is 0 Å². The lowest BCUT2D eigenvalue weighted by Crippen LogP contribution is -1.89. The molecular weight excluding hydrogens is 246 g/mol. The number of H-pyrrole nitrogens is 1. The largest absolute Gasteiger partial charge is 0.386 e. The first kappa shape index (κ1) is 11.4. The monoisotopic (exact) mass is 259 g/mol. The second kappa shape index (κ2) is 4.19. The maximum Gasteiger partial charge on any atom is 0.122 e. The van der Waals surface area contributed by atoms with Crippen LogP contribution in [0.3, 0.4) is 0 Å². The van der Waals surface area contributed by atoms with Crippen molar-refractivity contribution < 1.29 is 5.11 Å². The highest BCUT2D eigenvalue weighted by Gasteiger charge is 2.09. The van der Waals surface area contributed by atoms with E-state index >= 15 is 0 Å².